The third-order valence-electron chi connectivity index (χ3n) is 3.47. The molecular weight excluding hydrogens is 264 g/mol. The van der Waals surface area contributed by atoms with Crippen molar-refractivity contribution in [2.45, 2.75) is 13.8 Å². The first-order valence-electron chi connectivity index (χ1n) is 6.46. The van der Waals surface area contributed by atoms with E-state index < -0.39 is 11.7 Å². The van der Waals surface area contributed by atoms with Crippen LogP contribution < -0.4 is 4.90 Å². The predicted molar refractivity (Wildman–Crippen MR) is 75.9 cm³/mol. The number of amides is 1. The van der Waals surface area contributed by atoms with E-state index in [2.05, 4.69) is 18.7 Å². The van der Waals surface area contributed by atoms with Gasteiger partial charge in [0.25, 0.3) is 11.7 Å². The third-order valence-corrected chi connectivity index (χ3v) is 3.70. The maximum atomic E-state index is 12.0. The summed E-state index contributed by atoms with van der Waals surface area (Å²) in [5.74, 6) is -0.893. The summed E-state index contributed by atoms with van der Waals surface area (Å²) in [6.07, 6.45) is 0. The molecule has 0 saturated carbocycles. The summed E-state index contributed by atoms with van der Waals surface area (Å²) in [6, 6.07) is 4.94. The zero-order valence-electron chi connectivity index (χ0n) is 11.1. The lowest BCUT2D eigenvalue weighted by Crippen LogP contribution is -2.38. The first kappa shape index (κ1) is 14.0. The van der Waals surface area contributed by atoms with Gasteiger partial charge in [0, 0.05) is 18.1 Å². The van der Waals surface area contributed by atoms with Gasteiger partial charge in [0.05, 0.1) is 11.3 Å². The van der Waals surface area contributed by atoms with Crippen molar-refractivity contribution >= 4 is 29.0 Å². The average molecular weight is 281 g/mol. The second-order valence-corrected chi connectivity index (χ2v) is 4.91. The molecular formula is C14H17ClN2O2. The highest BCUT2D eigenvalue weighted by molar-refractivity contribution is 6.52. The van der Waals surface area contributed by atoms with Crippen LogP contribution in [-0.4, -0.2) is 42.8 Å². The van der Waals surface area contributed by atoms with Crippen molar-refractivity contribution in [3.8, 4) is 0 Å². The first-order chi connectivity index (χ1) is 9.08. The van der Waals surface area contributed by atoms with E-state index in [4.69, 9.17) is 11.6 Å². The van der Waals surface area contributed by atoms with Crippen molar-refractivity contribution in [3.63, 3.8) is 0 Å². The van der Waals surface area contributed by atoms with Crippen LogP contribution in [0.25, 0.3) is 0 Å². The number of anilines is 1. The molecule has 0 fully saturated rings. The van der Waals surface area contributed by atoms with Crippen LogP contribution in [0.3, 0.4) is 0 Å². The first-order valence-corrected chi connectivity index (χ1v) is 6.84. The summed E-state index contributed by atoms with van der Waals surface area (Å²) in [6.45, 7) is 7.26. The molecule has 1 aromatic carbocycles. The Hall–Kier alpha value is -1.39. The second-order valence-electron chi connectivity index (χ2n) is 4.47. The lowest BCUT2D eigenvalue weighted by atomic mass is 10.1. The molecule has 0 bridgehead atoms. The van der Waals surface area contributed by atoms with Gasteiger partial charge in [-0.15, -0.1) is 0 Å². The predicted octanol–water partition coefficient (Wildman–Crippen LogP) is 2.21. The molecule has 0 spiro atoms. The van der Waals surface area contributed by atoms with Crippen molar-refractivity contribution in [2.75, 3.05) is 31.1 Å². The standard InChI is InChI=1S/C14H17ClN2O2/c1-3-16(4-2)7-8-17-12-9-10(15)5-6-11(12)13(18)14(17)19/h5-6,9H,3-4,7-8H2,1-2H3. The highest BCUT2D eigenvalue weighted by Crippen LogP contribution is 2.31. The molecule has 102 valence electrons. The lowest BCUT2D eigenvalue weighted by Gasteiger charge is -2.23. The van der Waals surface area contributed by atoms with Crippen molar-refractivity contribution in [2.24, 2.45) is 0 Å². The Bertz CT molecular complexity index is 512. The lowest BCUT2D eigenvalue weighted by molar-refractivity contribution is -0.114. The van der Waals surface area contributed by atoms with E-state index in [9.17, 15) is 9.59 Å². The number of hydrogen-bond donors (Lipinski definition) is 0. The minimum atomic E-state index is -0.454. The van der Waals surface area contributed by atoms with Crippen molar-refractivity contribution < 1.29 is 9.59 Å². The van der Waals surface area contributed by atoms with Gasteiger partial charge in [-0.2, -0.15) is 0 Å². The zero-order chi connectivity index (χ0) is 14.0. The van der Waals surface area contributed by atoms with Crippen LogP contribution in [0.2, 0.25) is 5.02 Å². The molecule has 0 unspecified atom stereocenters. The van der Waals surface area contributed by atoms with E-state index in [1.807, 2.05) is 0 Å². The van der Waals surface area contributed by atoms with Gasteiger partial charge in [-0.3, -0.25) is 9.59 Å². The number of nitrogens with zero attached hydrogens (tertiary/aromatic N) is 2. The van der Waals surface area contributed by atoms with E-state index in [1.54, 1.807) is 18.2 Å². The van der Waals surface area contributed by atoms with Crippen LogP contribution in [0, 0.1) is 0 Å². The number of benzene rings is 1. The van der Waals surface area contributed by atoms with E-state index in [0.29, 0.717) is 22.8 Å². The van der Waals surface area contributed by atoms with E-state index in [0.717, 1.165) is 19.6 Å². The van der Waals surface area contributed by atoms with Crippen LogP contribution in [0.1, 0.15) is 24.2 Å². The van der Waals surface area contributed by atoms with Gasteiger partial charge < -0.3 is 9.80 Å². The molecule has 1 amide bonds. The molecule has 2 rings (SSSR count). The summed E-state index contributed by atoms with van der Waals surface area (Å²) in [5, 5.41) is 0.536. The fourth-order valence-corrected chi connectivity index (χ4v) is 2.44. The van der Waals surface area contributed by atoms with Gasteiger partial charge >= 0.3 is 0 Å². The highest BCUT2D eigenvalue weighted by Gasteiger charge is 2.35. The quantitative estimate of drug-likeness (QED) is 0.777. The van der Waals surface area contributed by atoms with Gasteiger partial charge in [-0.25, -0.2) is 0 Å². The molecule has 0 saturated heterocycles. The number of likely N-dealkylation sites (N-methyl/N-ethyl adjacent to an activating group) is 1. The third kappa shape index (κ3) is 2.65. The second kappa shape index (κ2) is 5.72. The summed E-state index contributed by atoms with van der Waals surface area (Å²) >= 11 is 5.94. The average Bonchev–Trinajstić information content (AvgIpc) is 2.64. The molecule has 0 N–H and O–H groups in total. The Labute approximate surface area is 117 Å². The van der Waals surface area contributed by atoms with Crippen molar-refractivity contribution in [1.29, 1.82) is 0 Å². The molecule has 1 aliphatic rings. The minimum absolute atomic E-state index is 0.439. The molecule has 5 heteroatoms. The number of Topliss-reactive ketones (excluding diaryl/α,β-unsaturated/α-hetero) is 1. The molecule has 0 aliphatic carbocycles. The Balaban J connectivity index is 2.20. The minimum Gasteiger partial charge on any atom is -0.303 e. The van der Waals surface area contributed by atoms with Crippen LogP contribution in [0.4, 0.5) is 5.69 Å². The molecule has 0 radical (unpaired) electrons. The maximum absolute atomic E-state index is 12.0. The summed E-state index contributed by atoms with van der Waals surface area (Å²) < 4.78 is 0. The Kier molecular flexibility index (Phi) is 4.22. The van der Waals surface area contributed by atoms with E-state index >= 15 is 0 Å². The number of fused-ring (bicyclic) bond motifs is 1. The smallest absolute Gasteiger partial charge is 0.299 e. The largest absolute Gasteiger partial charge is 0.303 e. The van der Waals surface area contributed by atoms with Gasteiger partial charge in [-0.1, -0.05) is 25.4 Å². The monoisotopic (exact) mass is 280 g/mol. The highest BCUT2D eigenvalue weighted by atomic mass is 35.5. The van der Waals surface area contributed by atoms with E-state index in [-0.39, 0.29) is 0 Å². The maximum Gasteiger partial charge on any atom is 0.299 e. The Morgan fingerprint density at radius 2 is 1.89 bits per heavy atom. The van der Waals surface area contributed by atoms with Gasteiger partial charge in [0.2, 0.25) is 0 Å². The number of hydrogen-bond acceptors (Lipinski definition) is 3. The molecule has 1 aromatic rings. The number of halogens is 1. The van der Waals surface area contributed by atoms with Gasteiger partial charge in [0.15, 0.2) is 0 Å². The van der Waals surface area contributed by atoms with Crippen LogP contribution in [0.15, 0.2) is 18.2 Å². The topological polar surface area (TPSA) is 40.6 Å². The molecule has 0 aromatic heterocycles. The number of rotatable bonds is 5. The summed E-state index contributed by atoms with van der Waals surface area (Å²) in [5.41, 5.74) is 1.09. The summed E-state index contributed by atoms with van der Waals surface area (Å²) in [7, 11) is 0. The van der Waals surface area contributed by atoms with Gasteiger partial charge in [0.1, 0.15) is 0 Å². The fraction of sp³-hybridized carbons (Fsp3) is 0.429. The molecule has 1 heterocycles. The Morgan fingerprint density at radius 1 is 1.21 bits per heavy atom. The Morgan fingerprint density at radius 3 is 2.53 bits per heavy atom. The molecule has 0 atom stereocenters. The number of carbonyl (C=O) groups excluding carboxylic acids is 2. The normalized spacial score (nSPS) is 14.4. The molecule has 1 aliphatic heterocycles. The fourth-order valence-electron chi connectivity index (χ4n) is 2.27. The van der Waals surface area contributed by atoms with Gasteiger partial charge in [-0.05, 0) is 31.3 Å². The molecule has 4 nitrogen and oxygen atoms in total. The van der Waals surface area contributed by atoms with Crippen LogP contribution in [-0.2, 0) is 4.79 Å². The number of carbonyl (C=O) groups is 2. The SMILES string of the molecule is CCN(CC)CCN1C(=O)C(=O)c2ccc(Cl)cc21. The number of ketones is 1. The van der Waals surface area contributed by atoms with E-state index in [1.165, 1.54) is 4.90 Å². The zero-order valence-corrected chi connectivity index (χ0v) is 11.9. The summed E-state index contributed by atoms with van der Waals surface area (Å²) in [4.78, 5) is 27.6. The van der Waals surface area contributed by atoms with Crippen molar-refractivity contribution in [3.05, 3.63) is 28.8 Å². The van der Waals surface area contributed by atoms with Crippen LogP contribution >= 0.6 is 11.6 Å². The van der Waals surface area contributed by atoms with Crippen LogP contribution in [0.5, 0.6) is 0 Å². The van der Waals surface area contributed by atoms with Crippen molar-refractivity contribution in [1.82, 2.24) is 4.90 Å². The molecule has 19 heavy (non-hydrogen) atoms.